The SMILES string of the molecule is Cc1ccc(C(=O)N2CCC(c3ccc(/C(C=N)=C/NCC4CCC4)cc3)CC2)cc1NC(=O)c1ccc(NC(C)C)nc1. The Balaban J connectivity index is 1.16. The van der Waals surface area contributed by atoms with Crippen molar-refractivity contribution in [2.45, 2.75) is 64.8 Å². The predicted molar refractivity (Wildman–Crippen MR) is 179 cm³/mol. The van der Waals surface area contributed by atoms with Gasteiger partial charge in [-0.25, -0.2) is 4.98 Å². The van der Waals surface area contributed by atoms with E-state index in [1.54, 1.807) is 24.4 Å². The molecule has 1 aliphatic heterocycles. The number of carbonyl (C=O) groups excluding carboxylic acids is 2. The molecule has 2 aromatic carbocycles. The Labute approximate surface area is 260 Å². The normalized spacial score (nSPS) is 15.9. The Kier molecular flexibility index (Phi) is 10.1. The van der Waals surface area contributed by atoms with Crippen LogP contribution in [0.15, 0.2) is 67.0 Å². The highest BCUT2D eigenvalue weighted by molar-refractivity contribution is 6.08. The van der Waals surface area contributed by atoms with E-state index >= 15 is 0 Å². The van der Waals surface area contributed by atoms with Gasteiger partial charge < -0.3 is 26.3 Å². The predicted octanol–water partition coefficient (Wildman–Crippen LogP) is 6.86. The number of nitrogens with one attached hydrogen (secondary N) is 4. The molecule has 3 aromatic rings. The summed E-state index contributed by atoms with van der Waals surface area (Å²) in [5, 5.41) is 17.4. The molecule has 0 unspecified atom stereocenters. The summed E-state index contributed by atoms with van der Waals surface area (Å²) in [6.07, 6.45) is 10.7. The van der Waals surface area contributed by atoms with Gasteiger partial charge >= 0.3 is 0 Å². The minimum absolute atomic E-state index is 0.0183. The average molecular weight is 593 g/mol. The minimum Gasteiger partial charge on any atom is -0.390 e. The molecular formula is C36H44N6O2. The van der Waals surface area contributed by atoms with Gasteiger partial charge in [0.2, 0.25) is 0 Å². The molecule has 1 saturated heterocycles. The monoisotopic (exact) mass is 592 g/mol. The Bertz CT molecular complexity index is 1480. The summed E-state index contributed by atoms with van der Waals surface area (Å²) < 4.78 is 0. The lowest BCUT2D eigenvalue weighted by Crippen LogP contribution is -2.38. The van der Waals surface area contributed by atoms with Crippen molar-refractivity contribution < 1.29 is 9.59 Å². The number of aromatic nitrogens is 1. The van der Waals surface area contributed by atoms with E-state index in [1.165, 1.54) is 31.0 Å². The van der Waals surface area contributed by atoms with Gasteiger partial charge in [-0.1, -0.05) is 36.8 Å². The molecule has 0 atom stereocenters. The van der Waals surface area contributed by atoms with Crippen LogP contribution >= 0.6 is 0 Å². The summed E-state index contributed by atoms with van der Waals surface area (Å²) in [4.78, 5) is 32.6. The van der Waals surface area contributed by atoms with Gasteiger partial charge in [0, 0.05) is 61.1 Å². The van der Waals surface area contributed by atoms with Crippen LogP contribution in [0.2, 0.25) is 0 Å². The number of benzene rings is 2. The van der Waals surface area contributed by atoms with Gasteiger partial charge in [-0.05, 0) is 99.2 Å². The molecule has 1 saturated carbocycles. The van der Waals surface area contributed by atoms with E-state index in [0.717, 1.165) is 47.8 Å². The van der Waals surface area contributed by atoms with Crippen molar-refractivity contribution in [1.29, 1.82) is 5.41 Å². The molecule has 1 aliphatic carbocycles. The van der Waals surface area contributed by atoms with Gasteiger partial charge in [-0.3, -0.25) is 9.59 Å². The van der Waals surface area contributed by atoms with E-state index in [4.69, 9.17) is 5.41 Å². The molecule has 0 bridgehead atoms. The zero-order chi connectivity index (χ0) is 31.1. The Morgan fingerprint density at radius 1 is 0.977 bits per heavy atom. The first-order valence-corrected chi connectivity index (χ1v) is 15.8. The van der Waals surface area contributed by atoms with Gasteiger partial charge in [0.05, 0.1) is 5.56 Å². The summed E-state index contributed by atoms with van der Waals surface area (Å²) in [6, 6.07) is 17.8. The Morgan fingerprint density at radius 3 is 2.30 bits per heavy atom. The van der Waals surface area contributed by atoms with Gasteiger partial charge in [-0.2, -0.15) is 0 Å². The first kappa shape index (κ1) is 31.0. The smallest absolute Gasteiger partial charge is 0.257 e. The number of piperidine rings is 1. The molecule has 5 rings (SSSR count). The summed E-state index contributed by atoms with van der Waals surface area (Å²) >= 11 is 0. The molecule has 2 amide bonds. The number of hydrogen-bond acceptors (Lipinski definition) is 6. The van der Waals surface area contributed by atoms with Gasteiger partial charge in [0.15, 0.2) is 0 Å². The third kappa shape index (κ3) is 7.73. The van der Waals surface area contributed by atoms with Gasteiger partial charge in [0.25, 0.3) is 11.8 Å². The first-order valence-electron chi connectivity index (χ1n) is 15.8. The van der Waals surface area contributed by atoms with Crippen molar-refractivity contribution >= 4 is 35.1 Å². The molecule has 0 spiro atoms. The van der Waals surface area contributed by atoms with Crippen molar-refractivity contribution in [3.8, 4) is 0 Å². The number of rotatable bonds is 11. The molecule has 8 heteroatoms. The maximum atomic E-state index is 13.5. The van der Waals surface area contributed by atoms with Gasteiger partial charge in [0.1, 0.15) is 5.82 Å². The second kappa shape index (κ2) is 14.3. The molecule has 230 valence electrons. The first-order chi connectivity index (χ1) is 21.3. The fraction of sp³-hybridized carbons (Fsp3) is 0.389. The number of pyridine rings is 1. The lowest BCUT2D eigenvalue weighted by molar-refractivity contribution is 0.0712. The lowest BCUT2D eigenvalue weighted by atomic mass is 9.85. The van der Waals surface area contributed by atoms with E-state index in [-0.39, 0.29) is 17.9 Å². The third-order valence-electron chi connectivity index (χ3n) is 8.74. The number of allylic oxidation sites excluding steroid dienone is 1. The Hall–Kier alpha value is -4.46. The second-order valence-electron chi connectivity index (χ2n) is 12.4. The second-order valence-corrected chi connectivity index (χ2v) is 12.4. The van der Waals surface area contributed by atoms with E-state index in [2.05, 4.69) is 45.2 Å². The molecule has 1 aromatic heterocycles. The highest BCUT2D eigenvalue weighted by Gasteiger charge is 2.25. The standard InChI is InChI=1S/C36H44N6O2/c1-24(2)40-34-14-13-31(23-39-34)35(43)41-33-19-30(8-7-25(33)3)36(44)42-17-15-29(16-18-42)27-9-11-28(12-10-27)32(20-37)22-38-21-26-5-4-6-26/h7-14,19-20,22-24,26,29,37-38H,4-6,15-18,21H2,1-3H3,(H,39,40)(H,41,43)/b32-22+,37-20?. The van der Waals surface area contributed by atoms with Crippen LogP contribution in [0.4, 0.5) is 11.5 Å². The highest BCUT2D eigenvalue weighted by Crippen LogP contribution is 2.30. The number of aryl methyl sites for hydroxylation is 1. The highest BCUT2D eigenvalue weighted by atomic mass is 16.2. The molecule has 44 heavy (non-hydrogen) atoms. The van der Waals surface area contributed by atoms with Crippen molar-refractivity contribution in [1.82, 2.24) is 15.2 Å². The zero-order valence-corrected chi connectivity index (χ0v) is 26.0. The average Bonchev–Trinajstić information content (AvgIpc) is 3.01. The fourth-order valence-corrected chi connectivity index (χ4v) is 5.78. The number of likely N-dealkylation sites (tertiary alicyclic amines) is 1. The summed E-state index contributed by atoms with van der Waals surface area (Å²) in [6.45, 7) is 8.32. The maximum absolute atomic E-state index is 13.5. The Morgan fingerprint density at radius 2 is 1.68 bits per heavy atom. The van der Waals surface area contributed by atoms with Gasteiger partial charge in [-0.15, -0.1) is 0 Å². The number of carbonyl (C=O) groups is 2. The summed E-state index contributed by atoms with van der Waals surface area (Å²) in [7, 11) is 0. The van der Waals surface area contributed by atoms with Crippen molar-refractivity contribution in [3.05, 3.63) is 94.8 Å². The van der Waals surface area contributed by atoms with Crippen LogP contribution in [0.25, 0.3) is 5.57 Å². The molecule has 8 nitrogen and oxygen atoms in total. The summed E-state index contributed by atoms with van der Waals surface area (Å²) in [5.41, 5.74) is 5.73. The van der Waals surface area contributed by atoms with Crippen LogP contribution < -0.4 is 16.0 Å². The molecule has 2 fully saturated rings. The van der Waals surface area contributed by atoms with Crippen molar-refractivity contribution in [3.63, 3.8) is 0 Å². The van der Waals surface area contributed by atoms with E-state index < -0.39 is 0 Å². The van der Waals surface area contributed by atoms with E-state index in [9.17, 15) is 9.59 Å². The van der Waals surface area contributed by atoms with E-state index in [0.29, 0.717) is 35.8 Å². The fourth-order valence-electron chi connectivity index (χ4n) is 5.78. The van der Waals surface area contributed by atoms with Crippen LogP contribution in [0.5, 0.6) is 0 Å². The number of nitrogens with zero attached hydrogens (tertiary/aromatic N) is 2. The third-order valence-corrected chi connectivity index (χ3v) is 8.74. The van der Waals surface area contributed by atoms with Crippen molar-refractivity contribution in [2.75, 3.05) is 30.3 Å². The van der Waals surface area contributed by atoms with Crippen molar-refractivity contribution in [2.24, 2.45) is 5.92 Å². The minimum atomic E-state index is -0.263. The molecule has 0 radical (unpaired) electrons. The molecular weight excluding hydrogens is 548 g/mol. The number of anilines is 2. The molecule has 4 N–H and O–H groups in total. The maximum Gasteiger partial charge on any atom is 0.257 e. The number of amides is 2. The molecule has 2 aliphatic rings. The quantitative estimate of drug-likeness (QED) is 0.182. The summed E-state index contributed by atoms with van der Waals surface area (Å²) in [5.74, 6) is 1.60. The topological polar surface area (TPSA) is 110 Å². The van der Waals surface area contributed by atoms with Crippen LogP contribution in [-0.4, -0.2) is 53.6 Å². The zero-order valence-electron chi connectivity index (χ0n) is 26.0. The largest absolute Gasteiger partial charge is 0.390 e. The van der Waals surface area contributed by atoms with E-state index in [1.807, 2.05) is 44.0 Å². The van der Waals surface area contributed by atoms with Crippen LogP contribution in [-0.2, 0) is 0 Å². The number of hydrogen-bond donors (Lipinski definition) is 4. The molecule has 2 heterocycles. The lowest BCUT2D eigenvalue weighted by Gasteiger charge is -2.32. The van der Waals surface area contributed by atoms with Crippen LogP contribution in [0.3, 0.4) is 0 Å². The van der Waals surface area contributed by atoms with Crippen LogP contribution in [0.1, 0.15) is 89.3 Å². The van der Waals surface area contributed by atoms with Crippen LogP contribution in [0, 0.1) is 18.3 Å².